The Morgan fingerprint density at radius 3 is 2.23 bits per heavy atom. The molecule has 2 rings (SSSR count). The topological polar surface area (TPSA) is 362 Å². The van der Waals surface area contributed by atoms with Crippen LogP contribution >= 0.6 is 28.3 Å². The van der Waals surface area contributed by atoms with Gasteiger partial charge in [-0.1, -0.05) is 0 Å². The van der Waals surface area contributed by atoms with Gasteiger partial charge in [0.25, 0.3) is 5.56 Å². The minimum Gasteiger partial charge on any atom is -0.394 e. The highest BCUT2D eigenvalue weighted by atomic mass is 32.1. The second kappa shape index (κ2) is 13.5. The van der Waals surface area contributed by atoms with Crippen molar-refractivity contribution in [3.05, 3.63) is 33.1 Å². The molecule has 0 aliphatic carbocycles. The van der Waals surface area contributed by atoms with Gasteiger partial charge in [0, 0.05) is 12.3 Å². The van der Waals surface area contributed by atoms with Crippen LogP contribution in [0, 0.1) is 0 Å². The van der Waals surface area contributed by atoms with Crippen LogP contribution in [0.1, 0.15) is 6.23 Å². The lowest BCUT2D eigenvalue weighted by molar-refractivity contribution is -0.173. The van der Waals surface area contributed by atoms with Gasteiger partial charge in [-0.15, -0.1) is 12.6 Å². The molecule has 24 heteroatoms. The zero-order valence-corrected chi connectivity index (χ0v) is 21.9. The van der Waals surface area contributed by atoms with E-state index in [0.29, 0.717) is 0 Å². The van der Waals surface area contributed by atoms with Crippen molar-refractivity contribution >= 4 is 34.6 Å². The van der Waals surface area contributed by atoms with Gasteiger partial charge in [-0.05, 0) is 0 Å². The van der Waals surface area contributed by atoms with Crippen LogP contribution in [-0.4, -0.2) is 121 Å². The van der Waals surface area contributed by atoms with Crippen LogP contribution in [0.15, 0.2) is 21.9 Å². The number of aromatic amines is 1. The van der Waals surface area contributed by atoms with Crippen LogP contribution in [-0.2, 0) is 27.5 Å². The van der Waals surface area contributed by atoms with Crippen LogP contribution in [0.5, 0.6) is 0 Å². The molecule has 0 bridgehead atoms. The first-order chi connectivity index (χ1) is 17.6. The van der Waals surface area contributed by atoms with Gasteiger partial charge in [0.2, 0.25) is 5.72 Å². The van der Waals surface area contributed by atoms with E-state index >= 15 is 0 Å². The molecule has 2 heterocycles. The molecule has 9 atom stereocenters. The van der Waals surface area contributed by atoms with Gasteiger partial charge in [0.15, 0.2) is 17.4 Å². The van der Waals surface area contributed by atoms with E-state index < -0.39 is 87.5 Å². The maximum Gasteiger partial charge on any atom is 0.481 e. The van der Waals surface area contributed by atoms with E-state index in [1.165, 1.54) is 0 Å². The number of phosphoric acid groups is 2. The number of nitrogens with two attached hydrogens (primary N) is 1. The molecular weight excluding hydrogens is 604 g/mol. The number of rotatable bonds is 11. The number of aldehydes is 1. The molecule has 1 saturated heterocycles. The van der Waals surface area contributed by atoms with Crippen molar-refractivity contribution in [3.63, 3.8) is 0 Å². The van der Waals surface area contributed by atoms with Crippen molar-refractivity contribution in [3.8, 4) is 0 Å². The minimum atomic E-state index is -5.32. The Labute approximate surface area is 221 Å². The fourth-order valence-electron chi connectivity index (χ4n) is 2.77. The fraction of sp³-hybridized carbons (Fsp3) is 0.667. The summed E-state index contributed by atoms with van der Waals surface area (Å²) in [5.41, 5.74) is 0.471. The molecule has 1 fully saturated rings. The second-order valence-corrected chi connectivity index (χ2v) is 11.3. The highest BCUT2D eigenvalue weighted by Crippen LogP contribution is 2.57. The normalized spacial score (nSPS) is 27.7. The summed E-state index contributed by atoms with van der Waals surface area (Å²) in [5, 5.41) is 64.8. The third-order valence-corrected chi connectivity index (χ3v) is 7.46. The molecule has 39 heavy (non-hydrogen) atoms. The Morgan fingerprint density at radius 1 is 1.21 bits per heavy atom. The van der Waals surface area contributed by atoms with Crippen molar-refractivity contribution in [2.75, 3.05) is 13.2 Å². The number of carbonyl (C=O) groups excluding carboxylic acids is 1. The molecule has 0 saturated carbocycles. The van der Waals surface area contributed by atoms with Crippen LogP contribution in [0.4, 0.5) is 0 Å². The molecular formula is C15H27N3O18P2S. The van der Waals surface area contributed by atoms with Crippen LogP contribution in [0.3, 0.4) is 0 Å². The lowest BCUT2D eigenvalue weighted by atomic mass is 9.99. The van der Waals surface area contributed by atoms with Crippen molar-refractivity contribution in [2.24, 2.45) is 5.73 Å². The number of ether oxygens (including phenoxy) is 1. The summed E-state index contributed by atoms with van der Waals surface area (Å²) in [6.07, 6.45) is -9.58. The quantitative estimate of drug-likeness (QED) is 0.0467. The third kappa shape index (κ3) is 9.88. The van der Waals surface area contributed by atoms with Crippen LogP contribution in [0.2, 0.25) is 0 Å². The number of nitrogens with zero attached hydrogens (tertiary/aromatic N) is 1. The Bertz CT molecular complexity index is 1180. The molecule has 21 nitrogen and oxygen atoms in total. The molecule has 0 amide bonds. The Kier molecular flexibility index (Phi) is 12.3. The number of aliphatic hydroxyl groups excluding tert-OH is 5. The van der Waals surface area contributed by atoms with E-state index in [2.05, 4.69) is 21.5 Å². The molecule has 3 unspecified atom stereocenters. The predicted molar refractivity (Wildman–Crippen MR) is 124 cm³/mol. The molecule has 0 aromatic carbocycles. The highest BCUT2D eigenvalue weighted by molar-refractivity contribution is 7.81. The maximum atomic E-state index is 11.7. The number of aromatic nitrogens is 2. The van der Waals surface area contributed by atoms with Gasteiger partial charge < -0.3 is 55.2 Å². The van der Waals surface area contributed by atoms with E-state index in [1.807, 2.05) is 4.98 Å². The molecule has 1 aromatic heterocycles. The van der Waals surface area contributed by atoms with Gasteiger partial charge in [-0.3, -0.25) is 29.4 Å². The summed E-state index contributed by atoms with van der Waals surface area (Å²) >= 11 is 3.40. The van der Waals surface area contributed by atoms with Gasteiger partial charge >= 0.3 is 21.3 Å². The van der Waals surface area contributed by atoms with Gasteiger partial charge in [-0.25, -0.2) is 13.9 Å². The van der Waals surface area contributed by atoms with E-state index in [0.717, 1.165) is 16.8 Å². The van der Waals surface area contributed by atoms with E-state index in [-0.39, 0.29) is 6.29 Å². The molecule has 1 aromatic rings. The van der Waals surface area contributed by atoms with E-state index in [4.69, 9.17) is 40.5 Å². The lowest BCUT2D eigenvalue weighted by Crippen LogP contribution is -2.64. The third-order valence-electron chi connectivity index (χ3n) is 4.77. The minimum absolute atomic E-state index is 0.219. The summed E-state index contributed by atoms with van der Waals surface area (Å²) < 4.78 is 35.6. The van der Waals surface area contributed by atoms with E-state index in [1.54, 1.807) is 0 Å². The molecule has 1 aliphatic heterocycles. The molecule has 0 radical (unpaired) electrons. The van der Waals surface area contributed by atoms with Crippen LogP contribution < -0.4 is 17.0 Å². The van der Waals surface area contributed by atoms with Crippen molar-refractivity contribution in [1.82, 2.24) is 9.55 Å². The second-order valence-electron chi connectivity index (χ2n) is 7.79. The predicted octanol–water partition coefficient (Wildman–Crippen LogP) is -6.45. The van der Waals surface area contributed by atoms with Crippen molar-refractivity contribution in [1.29, 1.82) is 0 Å². The number of H-pyrrole nitrogens is 1. The Morgan fingerprint density at radius 2 is 1.77 bits per heavy atom. The Hall–Kier alpha value is -1.40. The number of carbonyl (C=O) groups is 1. The number of thiol groups is 1. The Balaban J connectivity index is 0.000000464. The zero-order chi connectivity index (χ0) is 30.6. The molecule has 0 spiro atoms. The molecule has 226 valence electrons. The zero-order valence-electron chi connectivity index (χ0n) is 19.2. The van der Waals surface area contributed by atoms with Crippen LogP contribution in [0.25, 0.3) is 0 Å². The summed E-state index contributed by atoms with van der Waals surface area (Å²) in [5.74, 6) is 0. The van der Waals surface area contributed by atoms with Gasteiger partial charge in [0.05, 0.1) is 13.2 Å². The smallest absolute Gasteiger partial charge is 0.394 e. The molecule has 1 aliphatic rings. The number of aliphatic hydroxyl groups is 7. The van der Waals surface area contributed by atoms with Gasteiger partial charge in [0.1, 0.15) is 30.5 Å². The fourth-order valence-corrected chi connectivity index (χ4v) is 4.66. The highest BCUT2D eigenvalue weighted by Gasteiger charge is 2.49. The summed E-state index contributed by atoms with van der Waals surface area (Å²) in [6.45, 7) is -1.83. The maximum absolute atomic E-state index is 11.7. The molecule has 13 N–H and O–H groups in total. The SMILES string of the molecule is N[C@](O)(C=O)C(O)[C@@](O)(S)C(O)CO.O=c1ccn([C@@H]2O[C@H](COP(=O)(O)OP(=O)(O)O)[C@@H](O)[C@H]2O)c(=O)[nH]1. The first kappa shape index (κ1) is 35.6. The largest absolute Gasteiger partial charge is 0.481 e. The first-order valence-corrected chi connectivity index (χ1v) is 13.5. The van der Waals surface area contributed by atoms with Gasteiger partial charge in [-0.2, -0.15) is 4.31 Å². The summed E-state index contributed by atoms with van der Waals surface area (Å²) in [6, 6.07) is 0.962. The number of nitrogens with one attached hydrogen (secondary N) is 1. The van der Waals surface area contributed by atoms with E-state index in [9.17, 15) is 43.9 Å². The van der Waals surface area contributed by atoms with Crippen molar-refractivity contribution < 1.29 is 77.9 Å². The lowest BCUT2D eigenvalue weighted by Gasteiger charge is -2.36. The number of hydrogen-bond acceptors (Lipinski definition) is 17. The average Bonchev–Trinajstić information content (AvgIpc) is 3.09. The standard InChI is InChI=1S/C9H14N2O12P2.C6H13NO6S/c12-5-1-2-11(9(15)10-5)8-7(14)6(13)4(22-8)3-21-25(19,20)23-24(16,17)18;7-5(12,2-9)4(11)6(13,14)3(10)1-8/h1-2,4,6-8,13-14H,3H2,(H,19,20)(H,10,12,15)(H2,16,17,18);2-4,8,10-14H,1,7H2/t4-,6-,7-,8-;3?,4?,5-,6-/m10/s1. The summed E-state index contributed by atoms with van der Waals surface area (Å²) in [7, 11) is -10.5. The summed E-state index contributed by atoms with van der Waals surface area (Å²) in [4.78, 5) is 58.3. The number of phosphoric ester groups is 1. The average molecular weight is 631 g/mol. The number of hydrogen-bond donors (Lipinski definition) is 13. The monoisotopic (exact) mass is 631 g/mol. The first-order valence-electron chi connectivity index (χ1n) is 10.1. The van der Waals surface area contributed by atoms with Crippen molar-refractivity contribution in [2.45, 2.75) is 47.4 Å².